The van der Waals surface area contributed by atoms with Crippen LogP contribution in [-0.2, 0) is 14.3 Å². The summed E-state index contributed by atoms with van der Waals surface area (Å²) in [6, 6.07) is 12.6. The zero-order chi connectivity index (χ0) is 25.2. The Labute approximate surface area is 203 Å². The molecule has 2 aromatic rings. The van der Waals surface area contributed by atoms with Crippen molar-refractivity contribution in [2.45, 2.75) is 31.7 Å². The second kappa shape index (κ2) is 9.95. The normalized spacial score (nSPS) is 17.3. The molecule has 2 aliphatic heterocycles. The zero-order valence-corrected chi connectivity index (χ0v) is 19.8. The van der Waals surface area contributed by atoms with Gasteiger partial charge in [-0.15, -0.1) is 0 Å². The number of halogens is 1. The van der Waals surface area contributed by atoms with Gasteiger partial charge in [0.25, 0.3) is 11.8 Å². The quantitative estimate of drug-likeness (QED) is 0.447. The SMILES string of the molecule is CCC(=O)N(c1ccccc1F)C1(C(=O)OC)CCN(CCN2C(=O)c3ccccc3C2=O)CC1. The molecular weight excluding hydrogens is 453 g/mol. The number of amides is 3. The van der Waals surface area contributed by atoms with Crippen molar-refractivity contribution < 1.29 is 28.3 Å². The predicted molar refractivity (Wildman–Crippen MR) is 126 cm³/mol. The number of carbonyl (C=O) groups excluding carboxylic acids is 4. The molecule has 0 spiro atoms. The van der Waals surface area contributed by atoms with Crippen LogP contribution in [0.25, 0.3) is 0 Å². The molecule has 0 N–H and O–H groups in total. The summed E-state index contributed by atoms with van der Waals surface area (Å²) in [4.78, 5) is 55.9. The van der Waals surface area contributed by atoms with Gasteiger partial charge in [-0.2, -0.15) is 0 Å². The molecule has 35 heavy (non-hydrogen) atoms. The van der Waals surface area contributed by atoms with Crippen molar-refractivity contribution in [1.29, 1.82) is 0 Å². The summed E-state index contributed by atoms with van der Waals surface area (Å²) in [6.07, 6.45) is 0.542. The van der Waals surface area contributed by atoms with E-state index in [-0.39, 0.29) is 49.2 Å². The fraction of sp³-hybridized carbons (Fsp3) is 0.385. The third-order valence-electron chi connectivity index (χ3n) is 6.84. The standard InChI is InChI=1S/C26H28FN3O5/c1-3-22(31)30(21-11-7-6-10-20(21)27)26(25(34)35-2)12-14-28(15-13-26)16-17-29-23(32)18-8-4-5-9-19(18)24(29)33/h4-11H,3,12-17H2,1-2H3. The van der Waals surface area contributed by atoms with E-state index in [0.717, 1.165) is 0 Å². The minimum Gasteiger partial charge on any atom is -0.467 e. The summed E-state index contributed by atoms with van der Waals surface area (Å²) >= 11 is 0. The molecule has 1 fully saturated rings. The van der Waals surface area contributed by atoms with Gasteiger partial charge in [0.05, 0.1) is 23.9 Å². The van der Waals surface area contributed by atoms with Crippen LogP contribution in [0.4, 0.5) is 10.1 Å². The van der Waals surface area contributed by atoms with E-state index in [1.807, 2.05) is 4.90 Å². The van der Waals surface area contributed by atoms with Crippen LogP contribution >= 0.6 is 0 Å². The van der Waals surface area contributed by atoms with E-state index in [9.17, 15) is 23.6 Å². The number of anilines is 1. The smallest absolute Gasteiger partial charge is 0.332 e. The molecule has 184 valence electrons. The summed E-state index contributed by atoms with van der Waals surface area (Å²) in [7, 11) is 1.26. The van der Waals surface area contributed by atoms with E-state index in [1.165, 1.54) is 35.1 Å². The average molecular weight is 482 g/mol. The van der Waals surface area contributed by atoms with Gasteiger partial charge in [0, 0.05) is 32.6 Å². The lowest BCUT2D eigenvalue weighted by atomic mass is 9.84. The summed E-state index contributed by atoms with van der Waals surface area (Å²) < 4.78 is 19.9. The summed E-state index contributed by atoms with van der Waals surface area (Å²) in [5, 5.41) is 0. The van der Waals surface area contributed by atoms with Gasteiger partial charge in [-0.05, 0) is 37.1 Å². The molecule has 9 heteroatoms. The van der Waals surface area contributed by atoms with Crippen LogP contribution < -0.4 is 4.90 Å². The lowest BCUT2D eigenvalue weighted by Crippen LogP contribution is -2.63. The van der Waals surface area contributed by atoms with Crippen LogP contribution in [0.2, 0.25) is 0 Å². The molecule has 0 radical (unpaired) electrons. The van der Waals surface area contributed by atoms with E-state index in [4.69, 9.17) is 4.74 Å². The number of fused-ring (bicyclic) bond motifs is 1. The van der Waals surface area contributed by atoms with Crippen molar-refractivity contribution in [1.82, 2.24) is 9.80 Å². The molecule has 0 aliphatic carbocycles. The zero-order valence-electron chi connectivity index (χ0n) is 19.8. The molecule has 0 atom stereocenters. The maximum Gasteiger partial charge on any atom is 0.332 e. The number of likely N-dealkylation sites (tertiary alicyclic amines) is 1. The summed E-state index contributed by atoms with van der Waals surface area (Å²) in [5.41, 5.74) is -0.501. The molecule has 0 aromatic heterocycles. The van der Waals surface area contributed by atoms with Crippen LogP contribution in [0.1, 0.15) is 46.9 Å². The number of nitrogens with zero attached hydrogens (tertiary/aromatic N) is 3. The Kier molecular flexibility index (Phi) is 6.98. The number of methoxy groups -OCH3 is 1. The van der Waals surface area contributed by atoms with Crippen molar-refractivity contribution in [3.05, 3.63) is 65.5 Å². The Morgan fingerprint density at radius 3 is 2.09 bits per heavy atom. The molecule has 0 bridgehead atoms. The van der Waals surface area contributed by atoms with Gasteiger partial charge in [-0.3, -0.25) is 24.2 Å². The Balaban J connectivity index is 1.51. The Morgan fingerprint density at radius 1 is 0.971 bits per heavy atom. The van der Waals surface area contributed by atoms with E-state index in [0.29, 0.717) is 30.8 Å². The minimum absolute atomic E-state index is 0.0456. The molecule has 2 aliphatic rings. The van der Waals surface area contributed by atoms with Crippen molar-refractivity contribution in [3.63, 3.8) is 0 Å². The first-order valence-electron chi connectivity index (χ1n) is 11.7. The number of hydrogen-bond donors (Lipinski definition) is 0. The lowest BCUT2D eigenvalue weighted by Gasteiger charge is -2.46. The van der Waals surface area contributed by atoms with Crippen molar-refractivity contribution >= 4 is 29.4 Å². The Bertz CT molecular complexity index is 1120. The van der Waals surface area contributed by atoms with Gasteiger partial charge in [-0.1, -0.05) is 31.2 Å². The first-order valence-corrected chi connectivity index (χ1v) is 11.7. The van der Waals surface area contributed by atoms with Gasteiger partial charge in [0.2, 0.25) is 5.91 Å². The van der Waals surface area contributed by atoms with Crippen LogP contribution in [-0.4, -0.2) is 72.3 Å². The van der Waals surface area contributed by atoms with Gasteiger partial charge in [-0.25, -0.2) is 9.18 Å². The molecule has 2 aromatic carbocycles. The number of esters is 1. The highest BCUT2D eigenvalue weighted by Gasteiger charge is 2.50. The summed E-state index contributed by atoms with van der Waals surface area (Å²) in [5.74, 6) is -2.19. The number of piperidine rings is 1. The average Bonchev–Trinajstić information content (AvgIpc) is 3.13. The van der Waals surface area contributed by atoms with Crippen molar-refractivity contribution in [2.75, 3.05) is 38.2 Å². The van der Waals surface area contributed by atoms with Crippen LogP contribution in [0.3, 0.4) is 0 Å². The van der Waals surface area contributed by atoms with Gasteiger partial charge in [0.15, 0.2) is 0 Å². The fourth-order valence-electron chi connectivity index (χ4n) is 4.93. The number of carbonyl (C=O) groups is 4. The third-order valence-corrected chi connectivity index (χ3v) is 6.84. The molecule has 4 rings (SSSR count). The number of benzene rings is 2. The monoisotopic (exact) mass is 481 g/mol. The lowest BCUT2D eigenvalue weighted by molar-refractivity contribution is -0.151. The largest absolute Gasteiger partial charge is 0.467 e. The predicted octanol–water partition coefficient (Wildman–Crippen LogP) is 2.87. The molecule has 1 saturated heterocycles. The van der Waals surface area contributed by atoms with Crippen molar-refractivity contribution in [2.24, 2.45) is 0 Å². The van der Waals surface area contributed by atoms with Gasteiger partial charge < -0.3 is 9.64 Å². The Morgan fingerprint density at radius 2 is 1.54 bits per heavy atom. The topological polar surface area (TPSA) is 87.2 Å². The number of rotatable bonds is 7. The minimum atomic E-state index is -1.35. The van der Waals surface area contributed by atoms with Gasteiger partial charge >= 0.3 is 5.97 Å². The second-order valence-electron chi connectivity index (χ2n) is 8.71. The molecule has 2 heterocycles. The van der Waals surface area contributed by atoms with E-state index >= 15 is 0 Å². The highest BCUT2D eigenvalue weighted by molar-refractivity contribution is 6.21. The third kappa shape index (κ3) is 4.32. The summed E-state index contributed by atoms with van der Waals surface area (Å²) in [6.45, 7) is 3.10. The molecule has 8 nitrogen and oxygen atoms in total. The molecule has 0 unspecified atom stereocenters. The van der Waals surface area contributed by atoms with Crippen LogP contribution in [0, 0.1) is 5.82 Å². The van der Waals surface area contributed by atoms with E-state index < -0.39 is 17.3 Å². The number of hydrogen-bond acceptors (Lipinski definition) is 6. The highest BCUT2D eigenvalue weighted by atomic mass is 19.1. The highest BCUT2D eigenvalue weighted by Crippen LogP contribution is 2.36. The maximum absolute atomic E-state index is 14.8. The number of ether oxygens (including phenoxy) is 1. The maximum atomic E-state index is 14.8. The van der Waals surface area contributed by atoms with E-state index in [1.54, 1.807) is 37.3 Å². The van der Waals surface area contributed by atoms with Crippen LogP contribution in [0.5, 0.6) is 0 Å². The molecule has 0 saturated carbocycles. The Hall–Kier alpha value is -3.59. The van der Waals surface area contributed by atoms with Crippen molar-refractivity contribution in [3.8, 4) is 0 Å². The fourth-order valence-corrected chi connectivity index (χ4v) is 4.93. The number of para-hydroxylation sites is 1. The molecule has 3 amide bonds. The first-order chi connectivity index (χ1) is 16.8. The van der Waals surface area contributed by atoms with E-state index in [2.05, 4.69) is 0 Å². The first kappa shape index (κ1) is 24.5. The second-order valence-corrected chi connectivity index (χ2v) is 8.71. The number of imide groups is 1. The van der Waals surface area contributed by atoms with Crippen LogP contribution in [0.15, 0.2) is 48.5 Å². The molecular formula is C26H28FN3O5. The van der Waals surface area contributed by atoms with Gasteiger partial charge in [0.1, 0.15) is 11.4 Å².